The lowest BCUT2D eigenvalue weighted by atomic mass is 9.82. The molecule has 1 aliphatic rings. The van der Waals surface area contributed by atoms with Crippen LogP contribution in [0.15, 0.2) is 24.3 Å². The summed E-state index contributed by atoms with van der Waals surface area (Å²) in [5.74, 6) is 1.05. The highest BCUT2D eigenvalue weighted by Gasteiger charge is 2.33. The molecule has 0 aliphatic carbocycles. The van der Waals surface area contributed by atoms with Crippen LogP contribution in [0.4, 0.5) is 0 Å². The van der Waals surface area contributed by atoms with Crippen molar-refractivity contribution in [1.82, 2.24) is 0 Å². The molecule has 0 spiro atoms. The van der Waals surface area contributed by atoms with Crippen LogP contribution in [0.25, 0.3) is 0 Å². The molecular formula is C12H15NO3. The average molecular weight is 221 g/mol. The van der Waals surface area contributed by atoms with E-state index in [9.17, 15) is 10.1 Å². The topological polar surface area (TPSA) is 52.4 Å². The van der Waals surface area contributed by atoms with Gasteiger partial charge in [-0.3, -0.25) is 10.1 Å². The highest BCUT2D eigenvalue weighted by molar-refractivity contribution is 5.38. The van der Waals surface area contributed by atoms with Crippen molar-refractivity contribution < 1.29 is 9.66 Å². The number of nitro groups is 1. The summed E-state index contributed by atoms with van der Waals surface area (Å²) in [6, 6.07) is 7.63. The third-order valence-corrected chi connectivity index (χ3v) is 3.21. The smallest absolute Gasteiger partial charge is 0.211 e. The monoisotopic (exact) mass is 221 g/mol. The van der Waals surface area contributed by atoms with E-state index >= 15 is 0 Å². The normalized spacial score (nSPS) is 23.3. The maximum Gasteiger partial charge on any atom is 0.211 e. The number of nitrogens with zero attached hydrogens (tertiary/aromatic N) is 1. The Morgan fingerprint density at radius 2 is 2.25 bits per heavy atom. The molecule has 2 rings (SSSR count). The summed E-state index contributed by atoms with van der Waals surface area (Å²) in [6.45, 7) is 2.64. The van der Waals surface area contributed by atoms with Crippen molar-refractivity contribution in [1.29, 1.82) is 0 Å². The van der Waals surface area contributed by atoms with Crippen LogP contribution in [0.1, 0.15) is 24.8 Å². The first-order valence-electron chi connectivity index (χ1n) is 5.56. The molecule has 1 aromatic rings. The number of benzene rings is 1. The van der Waals surface area contributed by atoms with Crippen molar-refractivity contribution in [3.8, 4) is 5.75 Å². The molecule has 0 fully saturated rings. The van der Waals surface area contributed by atoms with Gasteiger partial charge in [-0.05, 0) is 12.5 Å². The van der Waals surface area contributed by atoms with E-state index in [1.807, 2.05) is 24.3 Å². The zero-order valence-electron chi connectivity index (χ0n) is 9.26. The lowest BCUT2D eigenvalue weighted by molar-refractivity contribution is -0.485. The SMILES string of the molecule is CC[C@H]1COc2ccccc2[C@H]1C[N+](=O)[O-]. The number of hydrogen-bond donors (Lipinski definition) is 0. The Kier molecular flexibility index (Phi) is 3.08. The Morgan fingerprint density at radius 3 is 2.94 bits per heavy atom. The third-order valence-electron chi connectivity index (χ3n) is 3.21. The van der Waals surface area contributed by atoms with Crippen LogP contribution < -0.4 is 4.74 Å². The van der Waals surface area contributed by atoms with Crippen molar-refractivity contribution in [2.75, 3.05) is 13.2 Å². The van der Waals surface area contributed by atoms with Gasteiger partial charge in [0.1, 0.15) is 5.75 Å². The first-order valence-corrected chi connectivity index (χ1v) is 5.56. The van der Waals surface area contributed by atoms with E-state index < -0.39 is 0 Å². The molecule has 1 aliphatic heterocycles. The Hall–Kier alpha value is -1.58. The van der Waals surface area contributed by atoms with E-state index in [0.29, 0.717) is 6.61 Å². The lowest BCUT2D eigenvalue weighted by Crippen LogP contribution is -2.30. The molecule has 4 nitrogen and oxygen atoms in total. The first-order chi connectivity index (χ1) is 7.72. The molecule has 1 heterocycles. The van der Waals surface area contributed by atoms with E-state index in [2.05, 4.69) is 6.92 Å². The highest BCUT2D eigenvalue weighted by Crippen LogP contribution is 2.38. The Bertz CT molecular complexity index is 392. The zero-order chi connectivity index (χ0) is 11.5. The van der Waals surface area contributed by atoms with Gasteiger partial charge in [-0.25, -0.2) is 0 Å². The summed E-state index contributed by atoms with van der Waals surface area (Å²) in [5, 5.41) is 10.7. The Labute approximate surface area is 94.4 Å². The summed E-state index contributed by atoms with van der Waals surface area (Å²) >= 11 is 0. The number of fused-ring (bicyclic) bond motifs is 1. The van der Waals surface area contributed by atoms with Crippen molar-refractivity contribution >= 4 is 0 Å². The fraction of sp³-hybridized carbons (Fsp3) is 0.500. The molecular weight excluding hydrogens is 206 g/mol. The summed E-state index contributed by atoms with van der Waals surface area (Å²) < 4.78 is 5.62. The van der Waals surface area contributed by atoms with Crippen LogP contribution in [0.3, 0.4) is 0 Å². The molecule has 0 radical (unpaired) electrons. The van der Waals surface area contributed by atoms with Crippen LogP contribution in [0.2, 0.25) is 0 Å². The molecule has 0 N–H and O–H groups in total. The molecule has 0 amide bonds. The first kappa shape index (κ1) is 10.9. The van der Waals surface area contributed by atoms with E-state index in [4.69, 9.17) is 4.74 Å². The summed E-state index contributed by atoms with van der Waals surface area (Å²) in [4.78, 5) is 10.5. The van der Waals surface area contributed by atoms with Crippen LogP contribution in [-0.4, -0.2) is 18.1 Å². The van der Waals surface area contributed by atoms with Crippen LogP contribution in [-0.2, 0) is 0 Å². The number of rotatable bonds is 3. The molecule has 0 unspecified atom stereocenters. The van der Waals surface area contributed by atoms with Gasteiger partial charge >= 0.3 is 0 Å². The minimum Gasteiger partial charge on any atom is -0.493 e. The number of hydrogen-bond acceptors (Lipinski definition) is 3. The standard InChI is InChI=1S/C12H15NO3/c1-2-9-8-16-12-6-4-3-5-10(12)11(9)7-13(14)15/h3-6,9,11H,2,7-8H2,1H3/t9-,11-/m0/s1. The maximum atomic E-state index is 10.7. The minimum atomic E-state index is -0.227. The zero-order valence-corrected chi connectivity index (χ0v) is 9.26. The molecule has 16 heavy (non-hydrogen) atoms. The van der Waals surface area contributed by atoms with Gasteiger partial charge in [-0.2, -0.15) is 0 Å². The molecule has 1 aromatic carbocycles. The minimum absolute atomic E-state index is 0.00111. The van der Waals surface area contributed by atoms with Gasteiger partial charge in [0.05, 0.1) is 12.5 Å². The quantitative estimate of drug-likeness (QED) is 0.582. The largest absolute Gasteiger partial charge is 0.493 e. The van der Waals surface area contributed by atoms with Crippen molar-refractivity contribution in [3.05, 3.63) is 39.9 Å². The molecule has 0 saturated heterocycles. The van der Waals surface area contributed by atoms with Crippen molar-refractivity contribution in [3.63, 3.8) is 0 Å². The fourth-order valence-corrected chi connectivity index (χ4v) is 2.30. The van der Waals surface area contributed by atoms with Crippen LogP contribution >= 0.6 is 0 Å². The molecule has 0 aromatic heterocycles. The molecule has 0 saturated carbocycles. The summed E-state index contributed by atoms with van der Waals surface area (Å²) in [7, 11) is 0. The van der Waals surface area contributed by atoms with Gasteiger partial charge < -0.3 is 4.74 Å². The second-order valence-corrected chi connectivity index (χ2v) is 4.14. The molecule has 4 heteroatoms. The average Bonchev–Trinajstić information content (AvgIpc) is 2.29. The van der Waals surface area contributed by atoms with Crippen LogP contribution in [0.5, 0.6) is 5.75 Å². The van der Waals surface area contributed by atoms with E-state index in [-0.39, 0.29) is 23.3 Å². The fourth-order valence-electron chi connectivity index (χ4n) is 2.30. The van der Waals surface area contributed by atoms with E-state index in [1.54, 1.807) is 0 Å². The maximum absolute atomic E-state index is 10.7. The van der Waals surface area contributed by atoms with Gasteiger partial charge in [0, 0.05) is 16.4 Å². The van der Waals surface area contributed by atoms with Crippen molar-refractivity contribution in [2.24, 2.45) is 5.92 Å². The Morgan fingerprint density at radius 1 is 1.50 bits per heavy atom. The predicted molar refractivity (Wildman–Crippen MR) is 60.3 cm³/mol. The summed E-state index contributed by atoms with van der Waals surface area (Å²) in [5.41, 5.74) is 0.984. The van der Waals surface area contributed by atoms with Gasteiger partial charge in [0.25, 0.3) is 0 Å². The van der Waals surface area contributed by atoms with Gasteiger partial charge in [-0.1, -0.05) is 25.1 Å². The van der Waals surface area contributed by atoms with Gasteiger partial charge in [-0.15, -0.1) is 0 Å². The number of ether oxygens (including phenoxy) is 1. The van der Waals surface area contributed by atoms with E-state index in [0.717, 1.165) is 17.7 Å². The molecule has 0 bridgehead atoms. The van der Waals surface area contributed by atoms with Gasteiger partial charge in [0.2, 0.25) is 6.54 Å². The van der Waals surface area contributed by atoms with Crippen LogP contribution in [0, 0.1) is 16.0 Å². The molecule has 2 atom stereocenters. The highest BCUT2D eigenvalue weighted by atomic mass is 16.6. The molecule has 86 valence electrons. The lowest BCUT2D eigenvalue weighted by Gasteiger charge is -2.30. The summed E-state index contributed by atoms with van der Waals surface area (Å²) in [6.07, 6.45) is 0.910. The van der Waals surface area contributed by atoms with Gasteiger partial charge in [0.15, 0.2) is 0 Å². The third kappa shape index (κ3) is 2.01. The second kappa shape index (κ2) is 4.51. The predicted octanol–water partition coefficient (Wildman–Crippen LogP) is 2.47. The second-order valence-electron chi connectivity index (χ2n) is 4.14. The number of para-hydroxylation sites is 1. The van der Waals surface area contributed by atoms with E-state index in [1.165, 1.54) is 0 Å². The Balaban J connectivity index is 2.32. The van der Waals surface area contributed by atoms with Crippen molar-refractivity contribution in [2.45, 2.75) is 19.3 Å².